The lowest BCUT2D eigenvalue weighted by atomic mass is 10.0. The second-order valence-electron chi connectivity index (χ2n) is 11.0. The number of allylic oxidation sites excluding steroid dienone is 2. The van der Waals surface area contributed by atoms with Crippen molar-refractivity contribution in [2.45, 2.75) is 167 Å². The molecule has 0 unspecified atom stereocenters. The summed E-state index contributed by atoms with van der Waals surface area (Å²) in [6, 6.07) is 9.31. The smallest absolute Gasteiger partial charge is 0.311 e. The van der Waals surface area contributed by atoms with E-state index in [-0.39, 0.29) is 5.97 Å². The third kappa shape index (κ3) is 24.5. The highest BCUT2D eigenvalue weighted by atomic mass is 16.5. The normalized spacial score (nSPS) is 11.4. The van der Waals surface area contributed by atoms with E-state index in [9.17, 15) is 4.79 Å². The molecule has 0 aliphatic heterocycles. The van der Waals surface area contributed by atoms with Gasteiger partial charge in [0.05, 0.1) is 0 Å². The van der Waals surface area contributed by atoms with Gasteiger partial charge < -0.3 is 4.74 Å². The first-order chi connectivity index (χ1) is 18.3. The Kier molecular flexibility index (Phi) is 24.8. The number of rotatable bonds is 27. The van der Waals surface area contributed by atoms with Gasteiger partial charge in [-0.25, -0.2) is 0 Å². The molecule has 0 amide bonds. The number of carbonyl (C=O) groups excluding carboxylic acids is 1. The van der Waals surface area contributed by atoms with Gasteiger partial charge in [0, 0.05) is 6.42 Å². The summed E-state index contributed by atoms with van der Waals surface area (Å²) in [5.74, 6) is 0.478. The molecule has 0 fully saturated rings. The van der Waals surface area contributed by atoms with E-state index in [1.165, 1.54) is 141 Å². The highest BCUT2D eigenvalue weighted by molar-refractivity contribution is 5.72. The minimum atomic E-state index is -0.153. The Bertz CT molecular complexity index is 621. The number of para-hydroxylation sites is 1. The van der Waals surface area contributed by atoms with Gasteiger partial charge in [-0.1, -0.05) is 172 Å². The summed E-state index contributed by atoms with van der Waals surface area (Å²) in [5, 5.41) is 0. The molecule has 0 radical (unpaired) electrons. The van der Waals surface area contributed by atoms with Gasteiger partial charge in [0.2, 0.25) is 0 Å². The van der Waals surface area contributed by atoms with Gasteiger partial charge in [-0.05, 0) is 31.4 Å². The van der Waals surface area contributed by atoms with Crippen molar-refractivity contribution in [2.75, 3.05) is 0 Å². The molecule has 0 bridgehead atoms. The van der Waals surface area contributed by atoms with Crippen LogP contribution in [0.5, 0.6) is 5.75 Å². The van der Waals surface area contributed by atoms with Crippen LogP contribution in [-0.4, -0.2) is 5.97 Å². The highest BCUT2D eigenvalue weighted by Crippen LogP contribution is 2.16. The first-order valence-electron chi connectivity index (χ1n) is 16.2. The Labute approximate surface area is 231 Å². The first-order valence-corrected chi connectivity index (χ1v) is 16.2. The van der Waals surface area contributed by atoms with Crippen LogP contribution in [0.4, 0.5) is 0 Å². The first kappa shape index (κ1) is 33.5. The van der Waals surface area contributed by atoms with Gasteiger partial charge in [-0.2, -0.15) is 0 Å². The quantitative estimate of drug-likeness (QED) is 0.0507. The molecule has 37 heavy (non-hydrogen) atoms. The molecule has 0 saturated carbocycles. The number of esters is 1. The van der Waals surface area contributed by atoms with Gasteiger partial charge in [0.25, 0.3) is 0 Å². The minimum absolute atomic E-state index is 0.153. The maximum atomic E-state index is 11.8. The zero-order chi connectivity index (χ0) is 26.5. The van der Waals surface area contributed by atoms with Gasteiger partial charge >= 0.3 is 5.97 Å². The van der Waals surface area contributed by atoms with Gasteiger partial charge in [0.15, 0.2) is 0 Å². The number of hydrogen-bond acceptors (Lipinski definition) is 2. The van der Waals surface area contributed by atoms with E-state index >= 15 is 0 Å². The van der Waals surface area contributed by atoms with Crippen LogP contribution in [-0.2, 0) is 4.79 Å². The number of benzene rings is 1. The van der Waals surface area contributed by atoms with E-state index in [2.05, 4.69) is 19.1 Å². The molecule has 0 aliphatic carbocycles. The molecular weight excluding hydrogens is 452 g/mol. The van der Waals surface area contributed by atoms with Crippen molar-refractivity contribution in [1.29, 1.82) is 0 Å². The van der Waals surface area contributed by atoms with Crippen molar-refractivity contribution < 1.29 is 9.53 Å². The average molecular weight is 513 g/mol. The standard InChI is InChI=1S/C35H60O2/c1-2-3-4-5-6-7-8-9-10-11-12-13-14-15-16-17-18-19-20-21-22-23-24-25-26-30-33-35(36)37-34-31-28-27-29-32-34/h25-29,31-32H,2-24,30,33H2,1H3. The summed E-state index contributed by atoms with van der Waals surface area (Å²) in [5.41, 5.74) is 0. The predicted octanol–water partition coefficient (Wildman–Crippen LogP) is 11.9. The lowest BCUT2D eigenvalue weighted by molar-refractivity contribution is -0.134. The molecule has 1 rings (SSSR count). The molecule has 2 nitrogen and oxygen atoms in total. The summed E-state index contributed by atoms with van der Waals surface area (Å²) < 4.78 is 5.30. The van der Waals surface area contributed by atoms with Crippen LogP contribution in [0, 0.1) is 0 Å². The van der Waals surface area contributed by atoms with Crippen LogP contribution in [0.15, 0.2) is 42.5 Å². The van der Waals surface area contributed by atoms with Crippen molar-refractivity contribution in [2.24, 2.45) is 0 Å². The van der Waals surface area contributed by atoms with Crippen molar-refractivity contribution in [3.63, 3.8) is 0 Å². The number of ether oxygens (including phenoxy) is 1. The molecule has 1 aromatic rings. The van der Waals surface area contributed by atoms with Gasteiger partial charge in [-0.3, -0.25) is 4.79 Å². The molecule has 0 aliphatic rings. The summed E-state index contributed by atoms with van der Waals surface area (Å²) in [6.45, 7) is 2.30. The third-order valence-corrected chi connectivity index (χ3v) is 7.38. The minimum Gasteiger partial charge on any atom is -0.427 e. The summed E-state index contributed by atoms with van der Waals surface area (Å²) in [7, 11) is 0. The Balaban J connectivity index is 1.70. The monoisotopic (exact) mass is 512 g/mol. The zero-order valence-electron chi connectivity index (χ0n) is 24.5. The van der Waals surface area contributed by atoms with Crippen molar-refractivity contribution in [1.82, 2.24) is 0 Å². The lowest BCUT2D eigenvalue weighted by Gasteiger charge is -2.04. The third-order valence-electron chi connectivity index (χ3n) is 7.38. The van der Waals surface area contributed by atoms with Crippen LogP contribution < -0.4 is 4.74 Å². The summed E-state index contributed by atoms with van der Waals surface area (Å²) >= 11 is 0. The van der Waals surface area contributed by atoms with Crippen LogP contribution >= 0.6 is 0 Å². The number of hydrogen-bond donors (Lipinski definition) is 0. The maximum Gasteiger partial charge on any atom is 0.311 e. The van der Waals surface area contributed by atoms with E-state index in [1.807, 2.05) is 30.3 Å². The van der Waals surface area contributed by atoms with E-state index < -0.39 is 0 Å². The average Bonchev–Trinajstić information content (AvgIpc) is 2.91. The SMILES string of the molecule is CCCCCCCCCCCCCCCCCCCCCCCCC=CCCC(=O)Oc1ccccc1. The molecule has 2 heteroatoms. The predicted molar refractivity (Wildman–Crippen MR) is 162 cm³/mol. The van der Waals surface area contributed by atoms with Crippen molar-refractivity contribution in [3.8, 4) is 5.75 Å². The molecule has 212 valence electrons. The van der Waals surface area contributed by atoms with E-state index in [0.717, 1.165) is 12.8 Å². The van der Waals surface area contributed by atoms with E-state index in [1.54, 1.807) is 0 Å². The Hall–Kier alpha value is -1.57. The molecular formula is C35H60O2. The topological polar surface area (TPSA) is 26.3 Å². The number of carbonyl (C=O) groups is 1. The van der Waals surface area contributed by atoms with Gasteiger partial charge in [-0.15, -0.1) is 0 Å². The summed E-state index contributed by atoms with van der Waals surface area (Å²) in [6.07, 6.45) is 38.2. The number of unbranched alkanes of at least 4 members (excludes halogenated alkanes) is 22. The zero-order valence-corrected chi connectivity index (χ0v) is 24.5. The Morgan fingerprint density at radius 1 is 0.541 bits per heavy atom. The molecule has 0 spiro atoms. The molecule has 0 saturated heterocycles. The van der Waals surface area contributed by atoms with Crippen molar-refractivity contribution in [3.05, 3.63) is 42.5 Å². The van der Waals surface area contributed by atoms with Crippen LogP contribution in [0.1, 0.15) is 167 Å². The van der Waals surface area contributed by atoms with Crippen molar-refractivity contribution >= 4 is 5.97 Å². The Morgan fingerprint density at radius 3 is 1.35 bits per heavy atom. The van der Waals surface area contributed by atoms with Crippen LogP contribution in [0.3, 0.4) is 0 Å². The van der Waals surface area contributed by atoms with E-state index in [0.29, 0.717) is 12.2 Å². The molecule has 0 aromatic heterocycles. The maximum absolute atomic E-state index is 11.8. The van der Waals surface area contributed by atoms with Gasteiger partial charge in [0.1, 0.15) is 5.75 Å². The lowest BCUT2D eigenvalue weighted by Crippen LogP contribution is -2.06. The second-order valence-corrected chi connectivity index (χ2v) is 11.0. The fourth-order valence-electron chi connectivity index (χ4n) is 4.98. The fraction of sp³-hybridized carbons (Fsp3) is 0.743. The highest BCUT2D eigenvalue weighted by Gasteiger charge is 2.02. The Morgan fingerprint density at radius 2 is 0.919 bits per heavy atom. The molecule has 0 heterocycles. The molecule has 1 aromatic carbocycles. The fourth-order valence-corrected chi connectivity index (χ4v) is 4.98. The second kappa shape index (κ2) is 27.5. The van der Waals surface area contributed by atoms with E-state index in [4.69, 9.17) is 4.74 Å². The summed E-state index contributed by atoms with van der Waals surface area (Å²) in [4.78, 5) is 11.8. The molecule has 0 atom stereocenters. The van der Waals surface area contributed by atoms with Crippen LogP contribution in [0.25, 0.3) is 0 Å². The largest absolute Gasteiger partial charge is 0.427 e. The molecule has 0 N–H and O–H groups in total. The van der Waals surface area contributed by atoms with Crippen LogP contribution in [0.2, 0.25) is 0 Å².